The normalized spacial score (nSPS) is 16.3. The third-order valence-corrected chi connectivity index (χ3v) is 4.66. The quantitative estimate of drug-likeness (QED) is 0.670. The van der Waals surface area contributed by atoms with E-state index in [0.717, 1.165) is 33.8 Å². The molecule has 1 aliphatic heterocycles. The molecule has 0 spiro atoms. The Bertz CT molecular complexity index is 940. The lowest BCUT2D eigenvalue weighted by Gasteiger charge is -2.11. The maximum absolute atomic E-state index is 12.4. The predicted molar refractivity (Wildman–Crippen MR) is 99.4 cm³/mol. The average Bonchev–Trinajstić information content (AvgIpc) is 3.03. The van der Waals surface area contributed by atoms with Gasteiger partial charge in [0.2, 0.25) is 0 Å². The summed E-state index contributed by atoms with van der Waals surface area (Å²) in [6.45, 7) is 9.70. The standard InChI is InChI=1S/C21H22N2O2/c1-12(2)18-19(21(25)22-20(18)24)14(4)17-11-13(3)23(15(17)5)16-9-7-6-8-10-16/h6-11H,1-5H3,(H,22,24,25)/b19-14-. The van der Waals surface area contributed by atoms with Gasteiger partial charge in [-0.05, 0) is 64.0 Å². The lowest BCUT2D eigenvalue weighted by molar-refractivity contribution is -0.123. The first-order chi connectivity index (χ1) is 11.8. The van der Waals surface area contributed by atoms with E-state index in [2.05, 4.69) is 28.1 Å². The van der Waals surface area contributed by atoms with Crippen molar-refractivity contribution in [1.29, 1.82) is 0 Å². The summed E-state index contributed by atoms with van der Waals surface area (Å²) >= 11 is 0. The van der Waals surface area contributed by atoms with E-state index < -0.39 is 0 Å². The molecule has 0 unspecified atom stereocenters. The smallest absolute Gasteiger partial charge is 0.259 e. The van der Waals surface area contributed by atoms with E-state index in [1.807, 2.05) is 52.8 Å². The zero-order valence-electron chi connectivity index (χ0n) is 15.2. The van der Waals surface area contributed by atoms with Gasteiger partial charge >= 0.3 is 0 Å². The van der Waals surface area contributed by atoms with Gasteiger partial charge in [0, 0.05) is 17.1 Å². The molecule has 4 nitrogen and oxygen atoms in total. The number of aromatic nitrogens is 1. The second-order valence-electron chi connectivity index (χ2n) is 6.61. The topological polar surface area (TPSA) is 51.1 Å². The number of carbonyl (C=O) groups is 2. The summed E-state index contributed by atoms with van der Waals surface area (Å²) in [4.78, 5) is 24.5. The van der Waals surface area contributed by atoms with E-state index >= 15 is 0 Å². The highest BCUT2D eigenvalue weighted by atomic mass is 16.2. The summed E-state index contributed by atoms with van der Waals surface area (Å²) in [7, 11) is 0. The molecule has 0 atom stereocenters. The molecule has 1 aromatic carbocycles. The molecule has 0 bridgehead atoms. The third kappa shape index (κ3) is 2.74. The molecular weight excluding hydrogens is 312 g/mol. The van der Waals surface area contributed by atoms with Crippen LogP contribution in [0.15, 0.2) is 53.1 Å². The van der Waals surface area contributed by atoms with E-state index in [-0.39, 0.29) is 11.8 Å². The van der Waals surface area contributed by atoms with Crippen LogP contribution < -0.4 is 5.32 Å². The number of benzene rings is 1. The number of nitrogens with one attached hydrogen (secondary N) is 1. The Hall–Kier alpha value is -2.88. The van der Waals surface area contributed by atoms with Gasteiger partial charge in [-0.2, -0.15) is 0 Å². The summed E-state index contributed by atoms with van der Waals surface area (Å²) in [5.74, 6) is -0.626. The van der Waals surface area contributed by atoms with Crippen LogP contribution in [0.4, 0.5) is 0 Å². The molecular formula is C21H22N2O2. The fraction of sp³-hybridized carbons (Fsp3) is 0.238. The highest BCUT2D eigenvalue weighted by Crippen LogP contribution is 2.33. The van der Waals surface area contributed by atoms with Gasteiger partial charge in [0.1, 0.15) is 0 Å². The monoisotopic (exact) mass is 334 g/mol. The number of amides is 2. The van der Waals surface area contributed by atoms with Crippen molar-refractivity contribution in [3.8, 4) is 5.69 Å². The molecule has 2 amide bonds. The molecule has 0 saturated carbocycles. The second kappa shape index (κ2) is 6.20. The lowest BCUT2D eigenvalue weighted by atomic mass is 9.95. The summed E-state index contributed by atoms with van der Waals surface area (Å²) in [5, 5.41) is 2.42. The van der Waals surface area contributed by atoms with Crippen LogP contribution in [0.3, 0.4) is 0 Å². The van der Waals surface area contributed by atoms with Crippen molar-refractivity contribution in [3.63, 3.8) is 0 Å². The molecule has 4 heteroatoms. The van der Waals surface area contributed by atoms with E-state index in [0.29, 0.717) is 11.1 Å². The first kappa shape index (κ1) is 17.0. The predicted octanol–water partition coefficient (Wildman–Crippen LogP) is 3.86. The zero-order valence-corrected chi connectivity index (χ0v) is 15.2. The van der Waals surface area contributed by atoms with Crippen LogP contribution in [0, 0.1) is 13.8 Å². The number of rotatable bonds is 2. The average molecular weight is 334 g/mol. The molecule has 25 heavy (non-hydrogen) atoms. The second-order valence-corrected chi connectivity index (χ2v) is 6.61. The van der Waals surface area contributed by atoms with Gasteiger partial charge in [-0.25, -0.2) is 0 Å². The molecule has 2 heterocycles. The van der Waals surface area contributed by atoms with E-state index in [1.165, 1.54) is 0 Å². The number of para-hydroxylation sites is 1. The molecule has 2 aromatic rings. The lowest BCUT2D eigenvalue weighted by Crippen LogP contribution is -2.20. The molecule has 0 radical (unpaired) electrons. The maximum atomic E-state index is 12.4. The summed E-state index contributed by atoms with van der Waals surface area (Å²) < 4.78 is 2.16. The highest BCUT2D eigenvalue weighted by Gasteiger charge is 2.33. The van der Waals surface area contributed by atoms with Crippen LogP contribution >= 0.6 is 0 Å². The summed E-state index contributed by atoms with van der Waals surface area (Å²) in [5.41, 5.74) is 6.85. The Morgan fingerprint density at radius 1 is 0.920 bits per heavy atom. The van der Waals surface area contributed by atoms with E-state index in [4.69, 9.17) is 0 Å². The Labute approximate surface area is 147 Å². The van der Waals surface area contributed by atoms with Gasteiger partial charge in [-0.15, -0.1) is 0 Å². The van der Waals surface area contributed by atoms with Crippen molar-refractivity contribution < 1.29 is 9.59 Å². The minimum atomic E-state index is -0.316. The van der Waals surface area contributed by atoms with Crippen molar-refractivity contribution in [2.45, 2.75) is 34.6 Å². The minimum absolute atomic E-state index is 0.309. The summed E-state index contributed by atoms with van der Waals surface area (Å²) in [6, 6.07) is 12.2. The Kier molecular flexibility index (Phi) is 4.21. The molecule has 1 N–H and O–H groups in total. The van der Waals surface area contributed by atoms with Gasteiger partial charge in [-0.3, -0.25) is 14.9 Å². The zero-order chi connectivity index (χ0) is 18.3. The molecule has 3 rings (SSSR count). The van der Waals surface area contributed by atoms with Crippen LogP contribution in [-0.4, -0.2) is 16.4 Å². The van der Waals surface area contributed by atoms with Crippen LogP contribution in [-0.2, 0) is 9.59 Å². The highest BCUT2D eigenvalue weighted by molar-refractivity contribution is 6.27. The number of hydrogen-bond acceptors (Lipinski definition) is 2. The Morgan fingerprint density at radius 3 is 2.12 bits per heavy atom. The fourth-order valence-electron chi connectivity index (χ4n) is 3.54. The van der Waals surface area contributed by atoms with Crippen LogP contribution in [0.1, 0.15) is 37.7 Å². The number of imide groups is 1. The van der Waals surface area contributed by atoms with Crippen LogP contribution in [0.25, 0.3) is 11.3 Å². The minimum Gasteiger partial charge on any atom is -0.318 e. The fourth-order valence-corrected chi connectivity index (χ4v) is 3.54. The van der Waals surface area contributed by atoms with Crippen LogP contribution in [0.5, 0.6) is 0 Å². The van der Waals surface area contributed by atoms with Gasteiger partial charge in [-0.1, -0.05) is 23.8 Å². The molecule has 1 saturated heterocycles. The van der Waals surface area contributed by atoms with Crippen molar-refractivity contribution in [3.05, 3.63) is 70.1 Å². The molecule has 1 fully saturated rings. The molecule has 1 aliphatic rings. The molecule has 1 aromatic heterocycles. The summed E-state index contributed by atoms with van der Waals surface area (Å²) in [6.07, 6.45) is 0. The SMILES string of the molecule is CC(C)=C1C(=O)NC(=O)/C1=C(/C)c1cc(C)n(-c2ccccc2)c1C. The first-order valence-corrected chi connectivity index (χ1v) is 8.32. The number of allylic oxidation sites excluding steroid dienone is 2. The van der Waals surface area contributed by atoms with E-state index in [1.54, 1.807) is 0 Å². The number of aryl methyl sites for hydroxylation is 1. The van der Waals surface area contributed by atoms with Gasteiger partial charge in [0.15, 0.2) is 0 Å². The number of nitrogens with zero attached hydrogens (tertiary/aromatic N) is 1. The van der Waals surface area contributed by atoms with Crippen LogP contribution in [0.2, 0.25) is 0 Å². The van der Waals surface area contributed by atoms with Crippen molar-refractivity contribution in [2.75, 3.05) is 0 Å². The first-order valence-electron chi connectivity index (χ1n) is 8.32. The van der Waals surface area contributed by atoms with Crippen molar-refractivity contribution in [2.24, 2.45) is 0 Å². The Morgan fingerprint density at radius 2 is 1.52 bits per heavy atom. The largest absolute Gasteiger partial charge is 0.318 e. The molecule has 0 aliphatic carbocycles. The maximum Gasteiger partial charge on any atom is 0.259 e. The third-order valence-electron chi connectivity index (χ3n) is 4.66. The van der Waals surface area contributed by atoms with Gasteiger partial charge < -0.3 is 4.57 Å². The van der Waals surface area contributed by atoms with Crippen molar-refractivity contribution in [1.82, 2.24) is 9.88 Å². The number of hydrogen-bond donors (Lipinski definition) is 1. The van der Waals surface area contributed by atoms with Crippen molar-refractivity contribution >= 4 is 17.4 Å². The molecule has 128 valence electrons. The number of carbonyl (C=O) groups excluding carboxylic acids is 2. The van der Waals surface area contributed by atoms with Gasteiger partial charge in [0.05, 0.1) is 11.1 Å². The van der Waals surface area contributed by atoms with E-state index in [9.17, 15) is 9.59 Å². The van der Waals surface area contributed by atoms with Gasteiger partial charge in [0.25, 0.3) is 11.8 Å². The Balaban J connectivity index is 2.23.